The number of carbonyl (C=O) groups is 1. The first kappa shape index (κ1) is 13.3. The molecule has 0 radical (unpaired) electrons. The highest BCUT2D eigenvalue weighted by atomic mass is 16.1. The van der Waals surface area contributed by atoms with Crippen molar-refractivity contribution in [1.29, 1.82) is 0 Å². The van der Waals surface area contributed by atoms with Gasteiger partial charge in [-0.2, -0.15) is 0 Å². The van der Waals surface area contributed by atoms with E-state index in [-0.39, 0.29) is 5.78 Å². The number of nitrogens with two attached hydrogens (primary N) is 1. The summed E-state index contributed by atoms with van der Waals surface area (Å²) in [7, 11) is 0. The number of hydrogen-bond donors (Lipinski definition) is 1. The van der Waals surface area contributed by atoms with Gasteiger partial charge in [-0.15, -0.1) is 0 Å². The van der Waals surface area contributed by atoms with E-state index >= 15 is 0 Å². The van der Waals surface area contributed by atoms with Crippen molar-refractivity contribution >= 4 is 11.5 Å². The molecule has 0 spiro atoms. The van der Waals surface area contributed by atoms with Crippen molar-refractivity contribution in [1.82, 2.24) is 0 Å². The van der Waals surface area contributed by atoms with E-state index in [0.717, 1.165) is 12.0 Å². The molecule has 98 valence electrons. The largest absolute Gasteiger partial charge is 0.399 e. The van der Waals surface area contributed by atoms with Crippen LogP contribution in [0.2, 0.25) is 0 Å². The summed E-state index contributed by atoms with van der Waals surface area (Å²) in [5.41, 5.74) is 8.98. The lowest BCUT2D eigenvalue weighted by atomic mass is 10.0. The van der Waals surface area contributed by atoms with Crippen molar-refractivity contribution < 1.29 is 4.79 Å². The molecule has 2 aromatic rings. The lowest BCUT2D eigenvalue weighted by Crippen LogP contribution is -2.01. The smallest absolute Gasteiger partial charge is 0.193 e. The fraction of sp³-hybridized carbons (Fsp3) is 0.235. The number of anilines is 1. The van der Waals surface area contributed by atoms with Crippen molar-refractivity contribution in [2.45, 2.75) is 26.2 Å². The predicted molar refractivity (Wildman–Crippen MR) is 79.3 cm³/mol. The number of rotatable bonds is 5. The summed E-state index contributed by atoms with van der Waals surface area (Å²) in [6.07, 6.45) is 3.45. The van der Waals surface area contributed by atoms with Gasteiger partial charge in [0.2, 0.25) is 0 Å². The van der Waals surface area contributed by atoms with E-state index in [0.29, 0.717) is 11.3 Å². The SMILES string of the molecule is CCCCc1ccc(C(=O)c2ccc(N)cc2)cc1. The summed E-state index contributed by atoms with van der Waals surface area (Å²) in [6, 6.07) is 14.9. The Balaban J connectivity index is 2.13. The first-order chi connectivity index (χ1) is 9.20. The molecule has 0 amide bonds. The number of benzene rings is 2. The molecule has 0 aliphatic rings. The second-order valence-electron chi connectivity index (χ2n) is 4.75. The van der Waals surface area contributed by atoms with Crippen LogP contribution >= 0.6 is 0 Å². The van der Waals surface area contributed by atoms with Gasteiger partial charge in [0.25, 0.3) is 0 Å². The molecular weight excluding hydrogens is 234 g/mol. The summed E-state index contributed by atoms with van der Waals surface area (Å²) in [5, 5.41) is 0. The van der Waals surface area contributed by atoms with Gasteiger partial charge in [0.1, 0.15) is 0 Å². The lowest BCUT2D eigenvalue weighted by Gasteiger charge is -2.04. The van der Waals surface area contributed by atoms with E-state index in [2.05, 4.69) is 6.92 Å². The average molecular weight is 253 g/mol. The number of unbranched alkanes of at least 4 members (excludes halogenated alkanes) is 1. The minimum Gasteiger partial charge on any atom is -0.399 e. The third-order valence-electron chi connectivity index (χ3n) is 3.21. The monoisotopic (exact) mass is 253 g/mol. The number of hydrogen-bond acceptors (Lipinski definition) is 2. The average Bonchev–Trinajstić information content (AvgIpc) is 2.46. The maximum Gasteiger partial charge on any atom is 0.193 e. The van der Waals surface area contributed by atoms with Crippen molar-refractivity contribution in [3.8, 4) is 0 Å². The summed E-state index contributed by atoms with van der Waals surface area (Å²) in [6.45, 7) is 2.18. The third kappa shape index (κ3) is 3.44. The fourth-order valence-corrected chi connectivity index (χ4v) is 2.00. The van der Waals surface area contributed by atoms with E-state index in [1.807, 2.05) is 24.3 Å². The Morgan fingerprint density at radius 1 is 0.947 bits per heavy atom. The first-order valence-electron chi connectivity index (χ1n) is 6.70. The van der Waals surface area contributed by atoms with Gasteiger partial charge in [-0.3, -0.25) is 4.79 Å². The van der Waals surface area contributed by atoms with Crippen LogP contribution in [0.1, 0.15) is 41.3 Å². The molecular formula is C17H19NO. The van der Waals surface area contributed by atoms with E-state index in [9.17, 15) is 4.79 Å². The van der Waals surface area contributed by atoms with E-state index in [4.69, 9.17) is 5.73 Å². The van der Waals surface area contributed by atoms with Crippen LogP contribution < -0.4 is 5.73 Å². The van der Waals surface area contributed by atoms with Gasteiger partial charge >= 0.3 is 0 Å². The van der Waals surface area contributed by atoms with Gasteiger partial charge in [-0.05, 0) is 42.7 Å². The van der Waals surface area contributed by atoms with Crippen molar-refractivity contribution in [2.75, 3.05) is 5.73 Å². The Hall–Kier alpha value is -2.09. The summed E-state index contributed by atoms with van der Waals surface area (Å²) in [5.74, 6) is 0.0436. The number of nitrogen functional groups attached to an aromatic ring is 1. The molecule has 0 saturated carbocycles. The van der Waals surface area contributed by atoms with Crippen molar-refractivity contribution in [2.24, 2.45) is 0 Å². The normalized spacial score (nSPS) is 10.4. The molecule has 0 heterocycles. The Bertz CT molecular complexity index is 540. The van der Waals surface area contributed by atoms with Gasteiger partial charge in [0, 0.05) is 16.8 Å². The Kier molecular flexibility index (Phi) is 4.35. The second-order valence-corrected chi connectivity index (χ2v) is 4.75. The summed E-state index contributed by atoms with van der Waals surface area (Å²) in [4.78, 5) is 12.2. The van der Waals surface area contributed by atoms with Crippen molar-refractivity contribution in [3.05, 3.63) is 65.2 Å². The van der Waals surface area contributed by atoms with Crippen LogP contribution in [-0.4, -0.2) is 5.78 Å². The summed E-state index contributed by atoms with van der Waals surface area (Å²) >= 11 is 0. The molecule has 2 heteroatoms. The molecule has 0 aromatic heterocycles. The Morgan fingerprint density at radius 2 is 1.47 bits per heavy atom. The topological polar surface area (TPSA) is 43.1 Å². The number of carbonyl (C=O) groups excluding carboxylic acids is 1. The van der Waals surface area contributed by atoms with Crippen LogP contribution in [0.15, 0.2) is 48.5 Å². The van der Waals surface area contributed by atoms with Gasteiger partial charge in [-0.1, -0.05) is 37.6 Å². The van der Waals surface area contributed by atoms with Crippen LogP contribution in [0.3, 0.4) is 0 Å². The molecule has 0 bridgehead atoms. The van der Waals surface area contributed by atoms with Gasteiger partial charge in [-0.25, -0.2) is 0 Å². The molecule has 2 N–H and O–H groups in total. The molecule has 0 unspecified atom stereocenters. The molecule has 19 heavy (non-hydrogen) atoms. The quantitative estimate of drug-likeness (QED) is 0.650. The van der Waals surface area contributed by atoms with Crippen LogP contribution in [0.4, 0.5) is 5.69 Å². The highest BCUT2D eigenvalue weighted by molar-refractivity contribution is 6.09. The highest BCUT2D eigenvalue weighted by Crippen LogP contribution is 2.14. The Labute approximate surface area is 114 Å². The second kappa shape index (κ2) is 6.19. The number of aryl methyl sites for hydroxylation is 1. The van der Waals surface area contributed by atoms with Crippen molar-refractivity contribution in [3.63, 3.8) is 0 Å². The van der Waals surface area contributed by atoms with Gasteiger partial charge in [0.15, 0.2) is 5.78 Å². The maximum atomic E-state index is 12.2. The van der Waals surface area contributed by atoms with E-state index in [1.165, 1.54) is 18.4 Å². The zero-order valence-corrected chi connectivity index (χ0v) is 11.2. The number of ketones is 1. The zero-order valence-electron chi connectivity index (χ0n) is 11.2. The third-order valence-corrected chi connectivity index (χ3v) is 3.21. The summed E-state index contributed by atoms with van der Waals surface area (Å²) < 4.78 is 0. The predicted octanol–water partition coefficient (Wildman–Crippen LogP) is 3.84. The fourth-order valence-electron chi connectivity index (χ4n) is 2.00. The zero-order chi connectivity index (χ0) is 13.7. The van der Waals surface area contributed by atoms with E-state index < -0.39 is 0 Å². The molecule has 0 aliphatic heterocycles. The molecule has 2 rings (SSSR count). The molecule has 0 aliphatic carbocycles. The molecule has 2 nitrogen and oxygen atoms in total. The lowest BCUT2D eigenvalue weighted by molar-refractivity contribution is 0.103. The minimum absolute atomic E-state index is 0.0436. The highest BCUT2D eigenvalue weighted by Gasteiger charge is 2.08. The van der Waals surface area contributed by atoms with Crippen LogP contribution in [0, 0.1) is 0 Å². The first-order valence-corrected chi connectivity index (χ1v) is 6.70. The van der Waals surface area contributed by atoms with Gasteiger partial charge < -0.3 is 5.73 Å². The standard InChI is InChI=1S/C17H19NO/c1-2-3-4-13-5-7-14(8-6-13)17(19)15-9-11-16(18)12-10-15/h5-12H,2-4,18H2,1H3. The van der Waals surface area contributed by atoms with Crippen LogP contribution in [0.25, 0.3) is 0 Å². The van der Waals surface area contributed by atoms with E-state index in [1.54, 1.807) is 24.3 Å². The Morgan fingerprint density at radius 3 is 2.00 bits per heavy atom. The molecule has 0 atom stereocenters. The maximum absolute atomic E-state index is 12.2. The van der Waals surface area contributed by atoms with Gasteiger partial charge in [0.05, 0.1) is 0 Å². The molecule has 0 saturated heterocycles. The molecule has 0 fully saturated rings. The molecule has 2 aromatic carbocycles. The minimum atomic E-state index is 0.0436. The van der Waals surface area contributed by atoms with Crippen LogP contribution in [0.5, 0.6) is 0 Å². The van der Waals surface area contributed by atoms with Crippen LogP contribution in [-0.2, 0) is 6.42 Å².